The average molecular weight is 394 g/mol. The number of pyridine rings is 1. The zero-order chi connectivity index (χ0) is 19.0. The zero-order valence-corrected chi connectivity index (χ0v) is 16.8. The minimum Gasteiger partial charge on any atom is -0.381 e. The Bertz CT molecular complexity index is 1120. The van der Waals surface area contributed by atoms with Crippen molar-refractivity contribution in [2.24, 2.45) is 0 Å². The monoisotopic (exact) mass is 393 g/mol. The Labute approximate surface area is 167 Å². The van der Waals surface area contributed by atoms with Gasteiger partial charge in [0.2, 0.25) is 0 Å². The largest absolute Gasteiger partial charge is 0.381 e. The standard InChI is InChI=1S/C21H23N5OS/c1-11-8-22-19-18-14-3-6-17(26-10-12-7-13(26)9-25(12)2)24-15(14)4-5-16(18)28-20(19)21(27)23-11/h3-6,11-13,22H,7-10H2,1-2H3,(H,23,27)/t11-,12+,13+/m1/s1. The molecule has 144 valence electrons. The lowest BCUT2D eigenvalue weighted by atomic mass is 10.1. The van der Waals surface area contributed by atoms with E-state index in [2.05, 4.69) is 51.7 Å². The molecule has 3 aromatic rings. The molecule has 7 heteroatoms. The van der Waals surface area contributed by atoms with E-state index in [4.69, 9.17) is 4.98 Å². The molecule has 3 aliphatic heterocycles. The second kappa shape index (κ2) is 5.81. The van der Waals surface area contributed by atoms with Crippen LogP contribution in [0, 0.1) is 0 Å². The van der Waals surface area contributed by atoms with E-state index in [9.17, 15) is 4.79 Å². The molecule has 0 spiro atoms. The summed E-state index contributed by atoms with van der Waals surface area (Å²) in [6, 6.07) is 9.90. The number of nitrogens with zero attached hydrogens (tertiary/aromatic N) is 3. The first-order valence-electron chi connectivity index (χ1n) is 9.96. The lowest BCUT2D eigenvalue weighted by molar-refractivity contribution is 0.0949. The Morgan fingerprint density at radius 2 is 2.07 bits per heavy atom. The predicted molar refractivity (Wildman–Crippen MR) is 115 cm³/mol. The molecule has 28 heavy (non-hydrogen) atoms. The number of fused-ring (bicyclic) bond motifs is 7. The summed E-state index contributed by atoms with van der Waals surface area (Å²) < 4.78 is 1.13. The fourth-order valence-electron chi connectivity index (χ4n) is 5.02. The summed E-state index contributed by atoms with van der Waals surface area (Å²) >= 11 is 1.56. The molecular formula is C21H23N5OS. The van der Waals surface area contributed by atoms with E-state index in [1.807, 2.05) is 6.92 Å². The molecule has 0 unspecified atom stereocenters. The minimum absolute atomic E-state index is 0.0173. The Morgan fingerprint density at radius 1 is 1.18 bits per heavy atom. The first kappa shape index (κ1) is 16.6. The highest BCUT2D eigenvalue weighted by atomic mass is 32.1. The van der Waals surface area contributed by atoms with Gasteiger partial charge in [-0.15, -0.1) is 11.3 Å². The van der Waals surface area contributed by atoms with Crippen molar-refractivity contribution in [1.29, 1.82) is 0 Å². The van der Waals surface area contributed by atoms with E-state index in [0.29, 0.717) is 12.1 Å². The molecule has 2 bridgehead atoms. The molecule has 3 aliphatic rings. The van der Waals surface area contributed by atoms with E-state index in [-0.39, 0.29) is 11.9 Å². The molecule has 2 saturated heterocycles. The summed E-state index contributed by atoms with van der Waals surface area (Å²) in [5.41, 5.74) is 1.96. The molecule has 1 aromatic carbocycles. The van der Waals surface area contributed by atoms with Crippen molar-refractivity contribution in [2.75, 3.05) is 36.9 Å². The quantitative estimate of drug-likeness (QED) is 0.666. The van der Waals surface area contributed by atoms with Crippen molar-refractivity contribution < 1.29 is 4.79 Å². The van der Waals surface area contributed by atoms with Crippen molar-refractivity contribution in [3.8, 4) is 0 Å². The molecule has 0 radical (unpaired) electrons. The van der Waals surface area contributed by atoms with Crippen molar-refractivity contribution >= 4 is 49.7 Å². The third-order valence-electron chi connectivity index (χ3n) is 6.48. The highest BCUT2D eigenvalue weighted by Crippen LogP contribution is 2.41. The van der Waals surface area contributed by atoms with Crippen LogP contribution in [0.3, 0.4) is 0 Å². The van der Waals surface area contributed by atoms with Gasteiger partial charge in [-0.25, -0.2) is 4.98 Å². The smallest absolute Gasteiger partial charge is 0.263 e. The normalized spacial score (nSPS) is 27.1. The summed E-state index contributed by atoms with van der Waals surface area (Å²) in [6.07, 6.45) is 1.24. The number of rotatable bonds is 1. The molecule has 2 fully saturated rings. The Morgan fingerprint density at radius 3 is 2.86 bits per heavy atom. The van der Waals surface area contributed by atoms with Gasteiger partial charge in [-0.2, -0.15) is 0 Å². The van der Waals surface area contributed by atoms with Gasteiger partial charge in [-0.3, -0.25) is 9.69 Å². The zero-order valence-electron chi connectivity index (χ0n) is 16.0. The Kier molecular flexibility index (Phi) is 3.44. The first-order valence-corrected chi connectivity index (χ1v) is 10.8. The van der Waals surface area contributed by atoms with Crippen LogP contribution in [0.2, 0.25) is 0 Å². The van der Waals surface area contributed by atoms with Gasteiger partial charge in [0.15, 0.2) is 0 Å². The lowest BCUT2D eigenvalue weighted by Gasteiger charge is -2.32. The Hall–Kier alpha value is -2.38. The number of likely N-dealkylation sites (tertiary alicyclic amines) is 1. The van der Waals surface area contributed by atoms with Crippen LogP contribution in [-0.2, 0) is 0 Å². The number of carbonyl (C=O) groups excluding carboxylic acids is 1. The first-order chi connectivity index (χ1) is 13.6. The summed E-state index contributed by atoms with van der Waals surface area (Å²) in [5, 5.41) is 8.80. The number of aromatic nitrogens is 1. The number of anilines is 2. The van der Waals surface area contributed by atoms with Crippen LogP contribution in [0.25, 0.3) is 21.0 Å². The van der Waals surface area contributed by atoms with Gasteiger partial charge >= 0.3 is 0 Å². The molecular weight excluding hydrogens is 370 g/mol. The maximum absolute atomic E-state index is 12.6. The van der Waals surface area contributed by atoms with Crippen LogP contribution in [-0.4, -0.2) is 60.6 Å². The van der Waals surface area contributed by atoms with E-state index in [1.54, 1.807) is 11.3 Å². The molecule has 6 rings (SSSR count). The third kappa shape index (κ3) is 2.29. The highest BCUT2D eigenvalue weighted by Gasteiger charge is 2.42. The second-order valence-corrected chi connectivity index (χ2v) is 9.42. The van der Waals surface area contributed by atoms with Crippen LogP contribution >= 0.6 is 11.3 Å². The number of thiophene rings is 1. The fraction of sp³-hybridized carbons (Fsp3) is 0.429. The number of hydrogen-bond acceptors (Lipinski definition) is 6. The van der Waals surface area contributed by atoms with Crippen LogP contribution in [0.1, 0.15) is 23.0 Å². The van der Waals surface area contributed by atoms with Gasteiger partial charge in [-0.05, 0) is 44.7 Å². The van der Waals surface area contributed by atoms with Crippen molar-refractivity contribution in [3.05, 3.63) is 29.1 Å². The SMILES string of the molecule is C[C@@H]1CNc2c(sc3ccc4nc(N5C[C@@H]6C[C@H]5CN6C)ccc4c23)C(=O)N1. The highest BCUT2D eigenvalue weighted by molar-refractivity contribution is 7.21. The lowest BCUT2D eigenvalue weighted by Crippen LogP contribution is -2.44. The van der Waals surface area contributed by atoms with E-state index < -0.39 is 0 Å². The maximum Gasteiger partial charge on any atom is 0.263 e. The van der Waals surface area contributed by atoms with Crippen molar-refractivity contribution in [3.63, 3.8) is 0 Å². The van der Waals surface area contributed by atoms with E-state index in [1.165, 1.54) is 6.42 Å². The average Bonchev–Trinajstić information content (AvgIpc) is 3.34. The number of benzene rings is 1. The molecule has 1 amide bonds. The molecule has 2 N–H and O–H groups in total. The third-order valence-corrected chi connectivity index (χ3v) is 7.64. The molecule has 0 aliphatic carbocycles. The molecule has 6 nitrogen and oxygen atoms in total. The van der Waals surface area contributed by atoms with Crippen LogP contribution in [0.5, 0.6) is 0 Å². The van der Waals surface area contributed by atoms with Crippen LogP contribution in [0.15, 0.2) is 24.3 Å². The topological polar surface area (TPSA) is 60.5 Å². The number of amides is 1. The van der Waals surface area contributed by atoms with Gasteiger partial charge in [0, 0.05) is 53.2 Å². The fourth-order valence-corrected chi connectivity index (χ4v) is 6.12. The number of carbonyl (C=O) groups is 1. The summed E-state index contributed by atoms with van der Waals surface area (Å²) in [5.74, 6) is 1.09. The number of nitrogens with one attached hydrogen (secondary N) is 2. The van der Waals surface area contributed by atoms with Gasteiger partial charge in [0.25, 0.3) is 5.91 Å². The number of hydrogen-bond donors (Lipinski definition) is 2. The summed E-state index contributed by atoms with van der Waals surface area (Å²) in [6.45, 7) is 4.95. The molecule has 2 aromatic heterocycles. The summed E-state index contributed by atoms with van der Waals surface area (Å²) in [7, 11) is 2.22. The van der Waals surface area contributed by atoms with Gasteiger partial charge < -0.3 is 15.5 Å². The maximum atomic E-state index is 12.6. The predicted octanol–water partition coefficient (Wildman–Crippen LogP) is 2.89. The van der Waals surface area contributed by atoms with Gasteiger partial charge in [0.1, 0.15) is 10.7 Å². The Balaban J connectivity index is 1.47. The number of likely N-dealkylation sites (N-methyl/N-ethyl adjacent to an activating group) is 1. The van der Waals surface area contributed by atoms with E-state index in [0.717, 1.165) is 57.0 Å². The van der Waals surface area contributed by atoms with Gasteiger partial charge in [-0.1, -0.05) is 0 Å². The second-order valence-electron chi connectivity index (χ2n) is 8.37. The van der Waals surface area contributed by atoms with Crippen LogP contribution < -0.4 is 15.5 Å². The van der Waals surface area contributed by atoms with Crippen molar-refractivity contribution in [2.45, 2.75) is 31.5 Å². The van der Waals surface area contributed by atoms with Gasteiger partial charge in [0.05, 0.1) is 11.2 Å². The number of piperazine rings is 1. The summed E-state index contributed by atoms with van der Waals surface area (Å²) in [4.78, 5) is 23.3. The van der Waals surface area contributed by atoms with Crippen LogP contribution in [0.4, 0.5) is 11.5 Å². The molecule has 5 heterocycles. The minimum atomic E-state index is 0.0173. The molecule has 0 saturated carbocycles. The molecule has 3 atom stereocenters. The van der Waals surface area contributed by atoms with Crippen molar-refractivity contribution in [1.82, 2.24) is 15.2 Å². The van der Waals surface area contributed by atoms with E-state index >= 15 is 0 Å².